The number of hydrogen-bond acceptors (Lipinski definition) is 4. The van der Waals surface area contributed by atoms with Crippen LogP contribution in [0.5, 0.6) is 17.2 Å². The molecule has 0 heterocycles. The molecule has 0 aliphatic carbocycles. The van der Waals surface area contributed by atoms with Crippen molar-refractivity contribution >= 4 is 21.6 Å². The van der Waals surface area contributed by atoms with Gasteiger partial charge in [-0.2, -0.15) is 0 Å². The quantitative estimate of drug-likeness (QED) is 0.850. The van der Waals surface area contributed by atoms with Gasteiger partial charge in [0.2, 0.25) is 0 Å². The summed E-state index contributed by atoms with van der Waals surface area (Å²) in [5.41, 5.74) is 2.09. The molecule has 4 nitrogen and oxygen atoms in total. The third kappa shape index (κ3) is 4.04. The fourth-order valence-corrected chi connectivity index (χ4v) is 2.45. The second-order valence-corrected chi connectivity index (χ2v) is 5.34. The summed E-state index contributed by atoms with van der Waals surface area (Å²) in [6, 6.07) is 11.7. The average Bonchev–Trinajstić information content (AvgIpc) is 2.52. The van der Waals surface area contributed by atoms with E-state index < -0.39 is 0 Å². The van der Waals surface area contributed by atoms with Crippen molar-refractivity contribution in [1.82, 2.24) is 0 Å². The van der Waals surface area contributed by atoms with E-state index in [1.165, 1.54) is 0 Å². The molecule has 2 rings (SSSR count). The van der Waals surface area contributed by atoms with Crippen LogP contribution in [0.1, 0.15) is 5.56 Å². The summed E-state index contributed by atoms with van der Waals surface area (Å²) in [4.78, 5) is 0. The van der Waals surface area contributed by atoms with Gasteiger partial charge in [0.05, 0.1) is 21.3 Å². The number of halogens is 1. The van der Waals surface area contributed by atoms with Crippen molar-refractivity contribution in [3.63, 3.8) is 0 Å². The van der Waals surface area contributed by atoms with Gasteiger partial charge in [0.1, 0.15) is 5.75 Å². The van der Waals surface area contributed by atoms with Crippen LogP contribution in [-0.2, 0) is 6.54 Å². The Morgan fingerprint density at radius 1 is 0.905 bits per heavy atom. The van der Waals surface area contributed by atoms with E-state index in [0.29, 0.717) is 6.54 Å². The van der Waals surface area contributed by atoms with Crippen LogP contribution in [0.2, 0.25) is 0 Å². The lowest BCUT2D eigenvalue weighted by molar-refractivity contribution is 0.354. The van der Waals surface area contributed by atoms with E-state index in [1.807, 2.05) is 36.4 Å². The van der Waals surface area contributed by atoms with Crippen LogP contribution in [0.25, 0.3) is 0 Å². The highest BCUT2D eigenvalue weighted by Gasteiger charge is 2.05. The lowest BCUT2D eigenvalue weighted by atomic mass is 10.2. The van der Waals surface area contributed by atoms with Gasteiger partial charge in [0, 0.05) is 22.8 Å². The molecule has 0 bridgehead atoms. The van der Waals surface area contributed by atoms with E-state index in [1.54, 1.807) is 21.3 Å². The molecule has 0 amide bonds. The highest BCUT2D eigenvalue weighted by molar-refractivity contribution is 9.10. The van der Waals surface area contributed by atoms with Crippen LogP contribution in [0.4, 0.5) is 5.69 Å². The number of ether oxygens (including phenoxy) is 3. The van der Waals surface area contributed by atoms with Crippen LogP contribution in [0, 0.1) is 0 Å². The third-order valence-corrected chi connectivity index (χ3v) is 3.51. The molecule has 0 atom stereocenters. The molecule has 0 saturated carbocycles. The van der Waals surface area contributed by atoms with Gasteiger partial charge in [-0.25, -0.2) is 0 Å². The maximum Gasteiger partial charge on any atom is 0.161 e. The topological polar surface area (TPSA) is 39.7 Å². The molecule has 0 aliphatic rings. The van der Waals surface area contributed by atoms with Gasteiger partial charge in [-0.05, 0) is 29.8 Å². The highest BCUT2D eigenvalue weighted by atomic mass is 79.9. The largest absolute Gasteiger partial charge is 0.497 e. The summed E-state index contributed by atoms with van der Waals surface area (Å²) < 4.78 is 16.8. The van der Waals surface area contributed by atoms with Gasteiger partial charge in [-0.1, -0.05) is 22.0 Å². The van der Waals surface area contributed by atoms with Crippen LogP contribution < -0.4 is 19.5 Å². The molecule has 0 radical (unpaired) electrons. The Labute approximate surface area is 133 Å². The average molecular weight is 352 g/mol. The molecule has 21 heavy (non-hydrogen) atoms. The van der Waals surface area contributed by atoms with Crippen LogP contribution in [0.15, 0.2) is 40.9 Å². The molecule has 0 fully saturated rings. The van der Waals surface area contributed by atoms with Crippen molar-refractivity contribution in [1.29, 1.82) is 0 Å². The van der Waals surface area contributed by atoms with Crippen molar-refractivity contribution in [2.75, 3.05) is 26.6 Å². The standard InChI is InChI=1S/C16H18BrNO3/c1-19-14-8-12(17)7-13(9-14)18-10-11-4-5-15(20-2)16(6-11)21-3/h4-9,18H,10H2,1-3H3. The van der Waals surface area contributed by atoms with Crippen molar-refractivity contribution < 1.29 is 14.2 Å². The number of benzene rings is 2. The molecular weight excluding hydrogens is 334 g/mol. The Balaban J connectivity index is 2.11. The molecule has 5 heteroatoms. The normalized spacial score (nSPS) is 10.1. The van der Waals surface area contributed by atoms with Crippen LogP contribution in [0.3, 0.4) is 0 Å². The molecule has 112 valence electrons. The fraction of sp³-hybridized carbons (Fsp3) is 0.250. The molecule has 0 saturated heterocycles. The molecule has 0 aliphatic heterocycles. The van der Waals surface area contributed by atoms with Gasteiger partial charge in [0.25, 0.3) is 0 Å². The Kier molecular flexibility index (Phi) is 5.33. The van der Waals surface area contributed by atoms with E-state index in [-0.39, 0.29) is 0 Å². The van der Waals surface area contributed by atoms with Gasteiger partial charge >= 0.3 is 0 Å². The summed E-state index contributed by atoms with van der Waals surface area (Å²) in [6.45, 7) is 0.681. The Hall–Kier alpha value is -1.88. The first-order valence-electron chi connectivity index (χ1n) is 6.45. The first kappa shape index (κ1) is 15.5. The number of rotatable bonds is 6. The van der Waals surface area contributed by atoms with Gasteiger partial charge < -0.3 is 19.5 Å². The van der Waals surface area contributed by atoms with E-state index in [4.69, 9.17) is 14.2 Å². The van der Waals surface area contributed by atoms with E-state index in [2.05, 4.69) is 21.2 Å². The minimum absolute atomic E-state index is 0.681. The van der Waals surface area contributed by atoms with Crippen molar-refractivity contribution in [2.45, 2.75) is 6.54 Å². The van der Waals surface area contributed by atoms with Crippen molar-refractivity contribution in [2.24, 2.45) is 0 Å². The minimum Gasteiger partial charge on any atom is -0.497 e. The molecule has 1 N–H and O–H groups in total. The zero-order chi connectivity index (χ0) is 15.2. The summed E-state index contributed by atoms with van der Waals surface area (Å²) >= 11 is 3.47. The second-order valence-electron chi connectivity index (χ2n) is 4.42. The lowest BCUT2D eigenvalue weighted by Gasteiger charge is -2.12. The zero-order valence-corrected chi connectivity index (χ0v) is 13.9. The van der Waals surface area contributed by atoms with Crippen molar-refractivity contribution in [3.05, 3.63) is 46.4 Å². The number of methoxy groups -OCH3 is 3. The molecule has 0 aromatic heterocycles. The fourth-order valence-electron chi connectivity index (χ4n) is 1.98. The molecule has 0 unspecified atom stereocenters. The van der Waals surface area contributed by atoms with E-state index >= 15 is 0 Å². The summed E-state index contributed by atoms with van der Waals surface area (Å²) in [5.74, 6) is 2.26. The monoisotopic (exact) mass is 351 g/mol. The first-order chi connectivity index (χ1) is 10.2. The Morgan fingerprint density at radius 3 is 2.33 bits per heavy atom. The Bertz CT molecular complexity index is 616. The number of anilines is 1. The minimum atomic E-state index is 0.681. The maximum absolute atomic E-state index is 5.30. The summed E-state index contributed by atoms with van der Waals surface area (Å²) in [7, 11) is 4.91. The SMILES string of the molecule is COc1cc(Br)cc(NCc2ccc(OC)c(OC)c2)c1. The van der Waals surface area contributed by atoms with Gasteiger partial charge in [0.15, 0.2) is 11.5 Å². The molecule has 2 aromatic carbocycles. The Morgan fingerprint density at radius 2 is 1.67 bits per heavy atom. The van der Waals surface area contributed by atoms with E-state index in [9.17, 15) is 0 Å². The van der Waals surface area contributed by atoms with Crippen molar-refractivity contribution in [3.8, 4) is 17.2 Å². The van der Waals surface area contributed by atoms with Crippen LogP contribution in [-0.4, -0.2) is 21.3 Å². The highest BCUT2D eigenvalue weighted by Crippen LogP contribution is 2.28. The predicted molar refractivity (Wildman–Crippen MR) is 87.6 cm³/mol. The first-order valence-corrected chi connectivity index (χ1v) is 7.25. The smallest absolute Gasteiger partial charge is 0.161 e. The molecule has 0 spiro atoms. The summed E-state index contributed by atoms with van der Waals surface area (Å²) in [5, 5.41) is 3.36. The second kappa shape index (κ2) is 7.22. The number of nitrogens with one attached hydrogen (secondary N) is 1. The predicted octanol–water partition coefficient (Wildman–Crippen LogP) is 4.09. The number of hydrogen-bond donors (Lipinski definition) is 1. The van der Waals surface area contributed by atoms with Gasteiger partial charge in [-0.15, -0.1) is 0 Å². The molecule has 2 aromatic rings. The van der Waals surface area contributed by atoms with E-state index in [0.717, 1.165) is 33.0 Å². The zero-order valence-electron chi connectivity index (χ0n) is 12.3. The van der Waals surface area contributed by atoms with Crippen LogP contribution >= 0.6 is 15.9 Å². The third-order valence-electron chi connectivity index (χ3n) is 3.05. The van der Waals surface area contributed by atoms with Gasteiger partial charge in [-0.3, -0.25) is 0 Å². The molecular formula is C16H18BrNO3. The lowest BCUT2D eigenvalue weighted by Crippen LogP contribution is -2.01. The maximum atomic E-state index is 5.30. The summed E-state index contributed by atoms with van der Waals surface area (Å²) in [6.07, 6.45) is 0.